The van der Waals surface area contributed by atoms with Gasteiger partial charge >= 0.3 is 0 Å². The summed E-state index contributed by atoms with van der Waals surface area (Å²) in [6.45, 7) is 4.88. The summed E-state index contributed by atoms with van der Waals surface area (Å²) in [5.74, 6) is 0.442. The summed E-state index contributed by atoms with van der Waals surface area (Å²) >= 11 is 0. The maximum Gasteiger partial charge on any atom is 0.254 e. The molecule has 31 heavy (non-hydrogen) atoms. The van der Waals surface area contributed by atoms with Crippen LogP contribution in [0.5, 0.6) is 5.75 Å². The van der Waals surface area contributed by atoms with Gasteiger partial charge in [0.1, 0.15) is 18.9 Å². The number of nitrogens with one attached hydrogen (secondary N) is 1. The van der Waals surface area contributed by atoms with Gasteiger partial charge in [0.25, 0.3) is 5.91 Å². The van der Waals surface area contributed by atoms with Crippen LogP contribution in [0.2, 0.25) is 0 Å². The molecular formula is C26H28N2O3. The van der Waals surface area contributed by atoms with E-state index < -0.39 is 0 Å². The topological polar surface area (TPSA) is 58.6 Å². The van der Waals surface area contributed by atoms with Crippen molar-refractivity contribution in [3.63, 3.8) is 0 Å². The van der Waals surface area contributed by atoms with Crippen molar-refractivity contribution in [3.05, 3.63) is 95.6 Å². The van der Waals surface area contributed by atoms with E-state index in [2.05, 4.69) is 5.32 Å². The number of carbonyl (C=O) groups is 2. The fourth-order valence-electron chi connectivity index (χ4n) is 3.21. The maximum atomic E-state index is 13.0. The maximum absolute atomic E-state index is 13.0. The Labute approximate surface area is 183 Å². The van der Waals surface area contributed by atoms with Crippen molar-refractivity contribution in [1.29, 1.82) is 0 Å². The molecule has 0 atom stereocenters. The van der Waals surface area contributed by atoms with Gasteiger partial charge in [-0.05, 0) is 54.8 Å². The predicted molar refractivity (Wildman–Crippen MR) is 123 cm³/mol. The van der Waals surface area contributed by atoms with Crippen molar-refractivity contribution in [2.24, 2.45) is 0 Å². The number of nitrogens with zero attached hydrogens (tertiary/aromatic N) is 1. The molecule has 160 valence electrons. The quantitative estimate of drug-likeness (QED) is 0.530. The van der Waals surface area contributed by atoms with Gasteiger partial charge in [0.15, 0.2) is 0 Å². The van der Waals surface area contributed by atoms with E-state index in [1.165, 1.54) is 0 Å². The smallest absolute Gasteiger partial charge is 0.254 e. The Morgan fingerprint density at radius 1 is 0.903 bits per heavy atom. The Hall–Kier alpha value is -3.60. The van der Waals surface area contributed by atoms with Gasteiger partial charge in [-0.25, -0.2) is 0 Å². The summed E-state index contributed by atoms with van der Waals surface area (Å²) in [5.41, 5.74) is 3.28. The normalized spacial score (nSPS) is 10.4. The molecule has 0 saturated heterocycles. The third-order valence-corrected chi connectivity index (χ3v) is 4.88. The molecule has 0 aliphatic heterocycles. The summed E-state index contributed by atoms with van der Waals surface area (Å²) in [7, 11) is 0. The Morgan fingerprint density at radius 3 is 2.26 bits per heavy atom. The first-order chi connectivity index (χ1) is 15.1. The van der Waals surface area contributed by atoms with Crippen molar-refractivity contribution in [2.75, 3.05) is 18.4 Å². The Balaban J connectivity index is 1.61. The van der Waals surface area contributed by atoms with Crippen LogP contribution < -0.4 is 10.1 Å². The summed E-state index contributed by atoms with van der Waals surface area (Å²) < 4.78 is 5.75. The van der Waals surface area contributed by atoms with Crippen molar-refractivity contribution >= 4 is 17.5 Å². The number of ether oxygens (including phenoxy) is 1. The van der Waals surface area contributed by atoms with E-state index in [-0.39, 0.29) is 18.4 Å². The molecule has 5 heteroatoms. The highest BCUT2D eigenvalue weighted by atomic mass is 16.5. The van der Waals surface area contributed by atoms with Gasteiger partial charge in [0.2, 0.25) is 5.91 Å². The summed E-state index contributed by atoms with van der Waals surface area (Å²) in [5, 5.41) is 2.90. The zero-order valence-electron chi connectivity index (χ0n) is 18.0. The molecule has 3 aromatic carbocycles. The first-order valence-electron chi connectivity index (χ1n) is 10.5. The minimum atomic E-state index is -0.205. The lowest BCUT2D eigenvalue weighted by atomic mass is 10.1. The zero-order valence-corrected chi connectivity index (χ0v) is 18.0. The van der Waals surface area contributed by atoms with E-state index in [0.717, 1.165) is 29.0 Å². The molecule has 0 saturated carbocycles. The molecule has 0 fully saturated rings. The number of hydrogen-bond acceptors (Lipinski definition) is 3. The average molecular weight is 417 g/mol. The van der Waals surface area contributed by atoms with E-state index in [4.69, 9.17) is 4.74 Å². The first kappa shape index (κ1) is 22.1. The minimum Gasteiger partial charge on any atom is -0.489 e. The van der Waals surface area contributed by atoms with Crippen LogP contribution in [-0.4, -0.2) is 29.8 Å². The standard InChI is InChI=1S/C26H28N2O3/c1-3-17-28(18-25(29)27-24-12-8-7-9-20(24)2)26(30)22-15-13-21(14-16-22)19-31-23-10-5-4-6-11-23/h4-16H,3,17-19H2,1-2H3,(H,27,29). The number of benzene rings is 3. The molecule has 3 aromatic rings. The molecule has 0 unspecified atom stereocenters. The Morgan fingerprint density at radius 2 is 1.58 bits per heavy atom. The molecular weight excluding hydrogens is 388 g/mol. The molecule has 0 aromatic heterocycles. The lowest BCUT2D eigenvalue weighted by Crippen LogP contribution is -2.38. The van der Waals surface area contributed by atoms with Crippen molar-refractivity contribution in [2.45, 2.75) is 26.9 Å². The van der Waals surface area contributed by atoms with Gasteiger partial charge < -0.3 is 15.0 Å². The lowest BCUT2D eigenvalue weighted by molar-refractivity contribution is -0.116. The number of carbonyl (C=O) groups excluding carboxylic acids is 2. The minimum absolute atomic E-state index is 0.0138. The Kier molecular flexibility index (Phi) is 7.82. The van der Waals surface area contributed by atoms with Crippen molar-refractivity contribution in [1.82, 2.24) is 4.90 Å². The number of rotatable bonds is 9. The monoisotopic (exact) mass is 416 g/mol. The van der Waals surface area contributed by atoms with Crippen LogP contribution in [0.25, 0.3) is 0 Å². The van der Waals surface area contributed by atoms with Crippen LogP contribution >= 0.6 is 0 Å². The second-order valence-electron chi connectivity index (χ2n) is 7.39. The van der Waals surface area contributed by atoms with E-state index in [1.54, 1.807) is 17.0 Å². The van der Waals surface area contributed by atoms with Crippen LogP contribution in [-0.2, 0) is 11.4 Å². The van der Waals surface area contributed by atoms with Crippen LogP contribution in [0, 0.1) is 6.92 Å². The number of hydrogen-bond donors (Lipinski definition) is 1. The Bertz CT molecular complexity index is 1000. The third-order valence-electron chi connectivity index (χ3n) is 4.88. The number of aryl methyl sites for hydroxylation is 1. The van der Waals surface area contributed by atoms with Crippen molar-refractivity contribution < 1.29 is 14.3 Å². The molecule has 0 heterocycles. The fraction of sp³-hybridized carbons (Fsp3) is 0.231. The van der Waals surface area contributed by atoms with E-state index in [0.29, 0.717) is 18.7 Å². The molecule has 2 amide bonds. The molecule has 0 aliphatic carbocycles. The molecule has 0 bridgehead atoms. The van der Waals surface area contributed by atoms with Gasteiger partial charge in [0, 0.05) is 17.8 Å². The first-order valence-corrected chi connectivity index (χ1v) is 10.5. The van der Waals surface area contributed by atoms with Gasteiger partial charge in [-0.1, -0.05) is 55.5 Å². The molecule has 0 spiro atoms. The number of para-hydroxylation sites is 2. The lowest BCUT2D eigenvalue weighted by Gasteiger charge is -2.22. The predicted octanol–water partition coefficient (Wildman–Crippen LogP) is 5.06. The molecule has 0 aliphatic rings. The third kappa shape index (κ3) is 6.44. The largest absolute Gasteiger partial charge is 0.489 e. The van der Waals surface area contributed by atoms with Gasteiger partial charge in [-0.15, -0.1) is 0 Å². The zero-order chi connectivity index (χ0) is 22.1. The average Bonchev–Trinajstić information content (AvgIpc) is 2.79. The van der Waals surface area contributed by atoms with Crippen LogP contribution in [0.4, 0.5) is 5.69 Å². The fourth-order valence-corrected chi connectivity index (χ4v) is 3.21. The van der Waals surface area contributed by atoms with Gasteiger partial charge in [0.05, 0.1) is 0 Å². The molecule has 5 nitrogen and oxygen atoms in total. The van der Waals surface area contributed by atoms with E-state index >= 15 is 0 Å². The summed E-state index contributed by atoms with van der Waals surface area (Å²) in [4.78, 5) is 27.1. The molecule has 3 rings (SSSR count). The summed E-state index contributed by atoms with van der Waals surface area (Å²) in [6.07, 6.45) is 0.770. The molecule has 0 radical (unpaired) electrons. The van der Waals surface area contributed by atoms with Crippen LogP contribution in [0.3, 0.4) is 0 Å². The van der Waals surface area contributed by atoms with E-state index in [9.17, 15) is 9.59 Å². The van der Waals surface area contributed by atoms with Crippen molar-refractivity contribution in [3.8, 4) is 5.75 Å². The van der Waals surface area contributed by atoms with Gasteiger partial charge in [-0.2, -0.15) is 0 Å². The highest BCUT2D eigenvalue weighted by Gasteiger charge is 2.18. The van der Waals surface area contributed by atoms with E-state index in [1.807, 2.05) is 80.6 Å². The highest BCUT2D eigenvalue weighted by molar-refractivity contribution is 5.99. The second kappa shape index (κ2) is 11.0. The number of amides is 2. The number of anilines is 1. The van der Waals surface area contributed by atoms with Gasteiger partial charge in [-0.3, -0.25) is 9.59 Å². The SMILES string of the molecule is CCCN(CC(=O)Nc1ccccc1C)C(=O)c1ccc(COc2ccccc2)cc1. The highest BCUT2D eigenvalue weighted by Crippen LogP contribution is 2.15. The van der Waals surface area contributed by atoms with Crippen LogP contribution in [0.15, 0.2) is 78.9 Å². The van der Waals surface area contributed by atoms with Crippen LogP contribution in [0.1, 0.15) is 34.8 Å². The second-order valence-corrected chi connectivity index (χ2v) is 7.39. The summed E-state index contributed by atoms with van der Waals surface area (Å²) in [6, 6.07) is 24.5. The molecule has 1 N–H and O–H groups in total.